The van der Waals surface area contributed by atoms with Crippen molar-refractivity contribution >= 4 is 43.8 Å². The number of amides is 1. The van der Waals surface area contributed by atoms with Gasteiger partial charge in [0, 0.05) is 11.9 Å². The van der Waals surface area contributed by atoms with E-state index < -0.39 is 9.84 Å². The first-order valence-corrected chi connectivity index (χ1v) is 13.0. The zero-order chi connectivity index (χ0) is 22.0. The van der Waals surface area contributed by atoms with E-state index in [1.165, 1.54) is 28.0 Å². The maximum absolute atomic E-state index is 12.6. The van der Waals surface area contributed by atoms with Gasteiger partial charge in [0.15, 0.2) is 15.0 Å². The zero-order valence-electron chi connectivity index (χ0n) is 16.7. The molecule has 2 aromatic heterocycles. The van der Waals surface area contributed by atoms with Gasteiger partial charge in [0.1, 0.15) is 22.6 Å². The third-order valence-electron chi connectivity index (χ3n) is 4.96. The quantitative estimate of drug-likeness (QED) is 0.524. The topological polar surface area (TPSA) is 118 Å². The highest BCUT2D eigenvalue weighted by Gasteiger charge is 2.24. The molecule has 0 saturated carbocycles. The molecule has 1 aliphatic rings. The molecule has 0 fully saturated rings. The molecule has 160 valence electrons. The van der Waals surface area contributed by atoms with Crippen LogP contribution in [0.3, 0.4) is 0 Å². The van der Waals surface area contributed by atoms with Crippen LogP contribution in [0.1, 0.15) is 28.2 Å². The van der Waals surface area contributed by atoms with Gasteiger partial charge in [0.25, 0.3) is 0 Å². The van der Waals surface area contributed by atoms with Gasteiger partial charge in [-0.25, -0.2) is 8.42 Å². The summed E-state index contributed by atoms with van der Waals surface area (Å²) in [6.07, 6.45) is 2.88. The first-order valence-electron chi connectivity index (χ1n) is 9.52. The number of nitrogens with zero attached hydrogens (tertiary/aromatic N) is 4. The van der Waals surface area contributed by atoms with Crippen LogP contribution >= 0.6 is 23.1 Å². The summed E-state index contributed by atoms with van der Waals surface area (Å²) in [6.45, 7) is 0. The van der Waals surface area contributed by atoms with Gasteiger partial charge in [-0.3, -0.25) is 4.79 Å². The van der Waals surface area contributed by atoms with Crippen molar-refractivity contribution in [1.82, 2.24) is 14.8 Å². The fraction of sp³-hybridized carbons (Fsp3) is 0.300. The minimum Gasteiger partial charge on any atom is -0.316 e. The Bertz CT molecular complexity index is 1270. The Morgan fingerprint density at radius 2 is 2.06 bits per heavy atom. The van der Waals surface area contributed by atoms with Gasteiger partial charge >= 0.3 is 0 Å². The van der Waals surface area contributed by atoms with E-state index in [1.807, 2.05) is 0 Å². The summed E-state index contributed by atoms with van der Waals surface area (Å²) in [7, 11) is -1.87. The minimum absolute atomic E-state index is 0.0742. The highest BCUT2D eigenvalue weighted by Crippen LogP contribution is 2.38. The van der Waals surface area contributed by atoms with Crippen LogP contribution in [-0.2, 0) is 40.3 Å². The predicted molar refractivity (Wildman–Crippen MR) is 119 cm³/mol. The Balaban J connectivity index is 1.40. The van der Waals surface area contributed by atoms with Gasteiger partial charge in [-0.05, 0) is 37.0 Å². The number of nitriles is 1. The molecule has 0 saturated heterocycles. The number of rotatable bonds is 7. The number of aryl methyl sites for hydroxylation is 1. The lowest BCUT2D eigenvalue weighted by atomic mass is 10.1. The van der Waals surface area contributed by atoms with E-state index in [9.17, 15) is 18.5 Å². The average Bonchev–Trinajstić information content (AvgIpc) is 3.42. The van der Waals surface area contributed by atoms with Crippen LogP contribution in [0.2, 0.25) is 0 Å². The van der Waals surface area contributed by atoms with Crippen molar-refractivity contribution in [3.63, 3.8) is 0 Å². The fourth-order valence-corrected chi connectivity index (χ4v) is 6.70. The number of hydrogen-bond acceptors (Lipinski definition) is 8. The smallest absolute Gasteiger partial charge is 0.235 e. The number of nitrogens with one attached hydrogen (secondary N) is 1. The van der Waals surface area contributed by atoms with Gasteiger partial charge in [0.05, 0.1) is 16.2 Å². The molecule has 0 atom stereocenters. The van der Waals surface area contributed by atoms with Crippen LogP contribution in [0.5, 0.6) is 0 Å². The summed E-state index contributed by atoms with van der Waals surface area (Å²) >= 11 is 2.64. The molecule has 4 rings (SSSR count). The molecular formula is C20H19N5O3S3. The van der Waals surface area contributed by atoms with Crippen LogP contribution in [0.4, 0.5) is 5.00 Å². The van der Waals surface area contributed by atoms with E-state index in [-0.39, 0.29) is 22.3 Å². The Morgan fingerprint density at radius 1 is 1.29 bits per heavy atom. The van der Waals surface area contributed by atoms with Crippen molar-refractivity contribution in [2.45, 2.75) is 35.1 Å². The normalized spacial score (nSPS) is 13.0. The van der Waals surface area contributed by atoms with Crippen molar-refractivity contribution in [2.75, 3.05) is 11.1 Å². The Labute approximate surface area is 188 Å². The highest BCUT2D eigenvalue weighted by atomic mass is 32.2. The first kappa shape index (κ1) is 21.5. The van der Waals surface area contributed by atoms with Gasteiger partial charge in [-0.15, -0.1) is 21.5 Å². The molecule has 0 spiro atoms. The number of aromatic nitrogens is 3. The van der Waals surface area contributed by atoms with Gasteiger partial charge in [0.2, 0.25) is 5.91 Å². The zero-order valence-corrected chi connectivity index (χ0v) is 19.1. The van der Waals surface area contributed by atoms with Crippen molar-refractivity contribution in [2.24, 2.45) is 7.05 Å². The number of benzene rings is 1. The number of carbonyl (C=O) groups is 1. The van der Waals surface area contributed by atoms with E-state index >= 15 is 0 Å². The van der Waals surface area contributed by atoms with E-state index in [0.29, 0.717) is 21.5 Å². The van der Waals surface area contributed by atoms with Gasteiger partial charge in [-0.2, -0.15) is 5.26 Å². The Hall–Kier alpha value is -2.68. The lowest BCUT2D eigenvalue weighted by Crippen LogP contribution is -2.14. The number of anilines is 1. The second-order valence-corrected chi connectivity index (χ2v) is 11.1. The molecule has 1 N–H and O–H groups in total. The molecule has 0 radical (unpaired) electrons. The minimum atomic E-state index is -3.54. The molecule has 2 heterocycles. The van der Waals surface area contributed by atoms with Crippen LogP contribution in [0, 0.1) is 11.3 Å². The summed E-state index contributed by atoms with van der Waals surface area (Å²) in [5, 5.41) is 21.3. The standard InChI is InChI=1S/C20H19N5O3S3/c1-25-17(12-31(27,28)13-6-3-2-4-7-13)23-24-20(25)29-11-18(26)22-19-15(10-21)14-8-5-9-16(14)30-19/h2-4,6-7H,5,8-9,11-12H2,1H3,(H,22,26). The molecule has 8 nitrogen and oxygen atoms in total. The SMILES string of the molecule is Cn1c(CS(=O)(=O)c2ccccc2)nnc1SCC(=O)Nc1sc2c(c1C#N)CCC2. The molecule has 0 unspecified atom stereocenters. The highest BCUT2D eigenvalue weighted by molar-refractivity contribution is 7.99. The van der Waals surface area contributed by atoms with Crippen LogP contribution in [0.15, 0.2) is 40.4 Å². The second kappa shape index (κ2) is 8.82. The lowest BCUT2D eigenvalue weighted by Gasteiger charge is -2.06. The van der Waals surface area contributed by atoms with Crippen molar-refractivity contribution in [3.05, 3.63) is 52.2 Å². The van der Waals surface area contributed by atoms with Crippen molar-refractivity contribution in [3.8, 4) is 6.07 Å². The molecule has 0 bridgehead atoms. The van der Waals surface area contributed by atoms with Crippen molar-refractivity contribution < 1.29 is 13.2 Å². The van der Waals surface area contributed by atoms with Gasteiger partial charge in [-0.1, -0.05) is 30.0 Å². The molecular weight excluding hydrogens is 454 g/mol. The van der Waals surface area contributed by atoms with E-state index in [1.54, 1.807) is 41.9 Å². The number of hydrogen-bond donors (Lipinski definition) is 1. The molecule has 31 heavy (non-hydrogen) atoms. The second-order valence-electron chi connectivity index (χ2n) is 7.04. The van der Waals surface area contributed by atoms with Gasteiger partial charge < -0.3 is 9.88 Å². The third-order valence-corrected chi connectivity index (χ3v) is 8.82. The van der Waals surface area contributed by atoms with Crippen LogP contribution in [0.25, 0.3) is 0 Å². The van der Waals surface area contributed by atoms with E-state index in [2.05, 4.69) is 21.6 Å². The predicted octanol–water partition coefficient (Wildman–Crippen LogP) is 2.94. The number of fused-ring (bicyclic) bond motifs is 1. The molecule has 1 aromatic carbocycles. The monoisotopic (exact) mass is 473 g/mol. The number of thiophene rings is 1. The van der Waals surface area contributed by atoms with Crippen LogP contribution in [-0.4, -0.2) is 34.8 Å². The largest absolute Gasteiger partial charge is 0.316 e. The maximum atomic E-state index is 12.6. The third kappa shape index (κ3) is 4.51. The first-order chi connectivity index (χ1) is 14.9. The molecule has 1 aliphatic carbocycles. The molecule has 11 heteroatoms. The number of thioether (sulfide) groups is 1. The Morgan fingerprint density at radius 3 is 2.81 bits per heavy atom. The molecule has 3 aromatic rings. The molecule has 1 amide bonds. The van der Waals surface area contributed by atoms with E-state index in [4.69, 9.17) is 0 Å². The summed E-state index contributed by atoms with van der Waals surface area (Å²) in [6, 6.07) is 10.4. The Kier molecular flexibility index (Phi) is 6.13. The lowest BCUT2D eigenvalue weighted by molar-refractivity contribution is -0.113. The summed E-state index contributed by atoms with van der Waals surface area (Å²) < 4.78 is 26.7. The fourth-order valence-electron chi connectivity index (χ4n) is 3.38. The number of sulfone groups is 1. The molecule has 0 aliphatic heterocycles. The van der Waals surface area contributed by atoms with Crippen LogP contribution < -0.4 is 5.32 Å². The summed E-state index contributed by atoms with van der Waals surface area (Å²) in [5.41, 5.74) is 1.64. The summed E-state index contributed by atoms with van der Waals surface area (Å²) in [5.74, 6) is -0.152. The maximum Gasteiger partial charge on any atom is 0.235 e. The van der Waals surface area contributed by atoms with Crippen molar-refractivity contribution in [1.29, 1.82) is 5.26 Å². The summed E-state index contributed by atoms with van der Waals surface area (Å²) in [4.78, 5) is 13.8. The number of carbonyl (C=O) groups excluding carboxylic acids is 1. The average molecular weight is 474 g/mol. The van der Waals surface area contributed by atoms with E-state index in [0.717, 1.165) is 24.8 Å².